The van der Waals surface area contributed by atoms with Crippen LogP contribution in [-0.4, -0.2) is 21.5 Å². The van der Waals surface area contributed by atoms with Crippen LogP contribution in [0.3, 0.4) is 0 Å². The largest absolute Gasteiger partial charge is 0.416 e. The lowest BCUT2D eigenvalue weighted by atomic mass is 10.2. The molecule has 0 saturated carbocycles. The SMILES string of the molecule is CSc1nc(C(=O)Nc2cc(C(F)(F)F)ccc2F)c2ccccn12. The summed E-state index contributed by atoms with van der Waals surface area (Å²) in [7, 11) is 0. The molecule has 2 heterocycles. The molecule has 9 heteroatoms. The van der Waals surface area contributed by atoms with Gasteiger partial charge in [-0.25, -0.2) is 9.37 Å². The molecule has 0 aliphatic carbocycles. The maximum Gasteiger partial charge on any atom is 0.416 e. The first kappa shape index (κ1) is 17.3. The fourth-order valence-corrected chi connectivity index (χ4v) is 2.84. The van der Waals surface area contributed by atoms with E-state index in [0.29, 0.717) is 28.9 Å². The van der Waals surface area contributed by atoms with Crippen molar-refractivity contribution < 1.29 is 22.4 Å². The number of rotatable bonds is 3. The Morgan fingerprint density at radius 1 is 1.24 bits per heavy atom. The van der Waals surface area contributed by atoms with Crippen LogP contribution in [-0.2, 0) is 6.18 Å². The van der Waals surface area contributed by atoms with Crippen molar-refractivity contribution in [1.82, 2.24) is 9.38 Å². The molecule has 0 aliphatic rings. The topological polar surface area (TPSA) is 46.4 Å². The molecular formula is C16H11F4N3OS. The number of hydrogen-bond acceptors (Lipinski definition) is 3. The number of amides is 1. The summed E-state index contributed by atoms with van der Waals surface area (Å²) in [5, 5.41) is 2.70. The molecule has 0 bridgehead atoms. The Hall–Kier alpha value is -2.55. The lowest BCUT2D eigenvalue weighted by Gasteiger charge is -2.10. The van der Waals surface area contributed by atoms with Gasteiger partial charge in [-0.05, 0) is 36.6 Å². The van der Waals surface area contributed by atoms with E-state index in [9.17, 15) is 22.4 Å². The number of nitrogens with one attached hydrogen (secondary N) is 1. The Balaban J connectivity index is 1.99. The minimum atomic E-state index is -4.64. The quantitative estimate of drug-likeness (QED) is 0.547. The van der Waals surface area contributed by atoms with Gasteiger partial charge >= 0.3 is 6.18 Å². The first-order chi connectivity index (χ1) is 11.8. The summed E-state index contributed by atoms with van der Waals surface area (Å²) in [6.45, 7) is 0. The smallest absolute Gasteiger partial charge is 0.318 e. The van der Waals surface area contributed by atoms with E-state index in [1.807, 2.05) is 0 Å². The third kappa shape index (κ3) is 3.32. The predicted molar refractivity (Wildman–Crippen MR) is 86.3 cm³/mol. The van der Waals surface area contributed by atoms with Crippen LogP contribution in [0.15, 0.2) is 47.8 Å². The summed E-state index contributed by atoms with van der Waals surface area (Å²) in [4.78, 5) is 16.6. The fourth-order valence-electron chi connectivity index (χ4n) is 2.30. The number of hydrogen-bond donors (Lipinski definition) is 1. The molecule has 25 heavy (non-hydrogen) atoms. The molecule has 4 nitrogen and oxygen atoms in total. The third-order valence-electron chi connectivity index (χ3n) is 3.46. The molecule has 0 radical (unpaired) electrons. The van der Waals surface area contributed by atoms with Gasteiger partial charge in [0.1, 0.15) is 5.82 Å². The van der Waals surface area contributed by atoms with Gasteiger partial charge in [0.2, 0.25) is 0 Å². The zero-order valence-electron chi connectivity index (χ0n) is 12.8. The van der Waals surface area contributed by atoms with Crippen LogP contribution in [0.4, 0.5) is 23.2 Å². The highest BCUT2D eigenvalue weighted by Crippen LogP contribution is 2.32. The van der Waals surface area contributed by atoms with Gasteiger partial charge in [0.25, 0.3) is 5.91 Å². The number of aromatic nitrogens is 2. The number of benzene rings is 1. The summed E-state index contributed by atoms with van der Waals surface area (Å²) < 4.78 is 53.8. The highest BCUT2D eigenvalue weighted by atomic mass is 32.2. The summed E-state index contributed by atoms with van der Waals surface area (Å²) in [6.07, 6.45) is -1.16. The van der Waals surface area contributed by atoms with Gasteiger partial charge in [0.15, 0.2) is 10.9 Å². The molecule has 1 aromatic carbocycles. The monoisotopic (exact) mass is 369 g/mol. The van der Waals surface area contributed by atoms with Crippen LogP contribution in [0.2, 0.25) is 0 Å². The second-order valence-electron chi connectivity index (χ2n) is 5.05. The van der Waals surface area contributed by atoms with Crippen LogP contribution in [0, 0.1) is 5.82 Å². The van der Waals surface area contributed by atoms with E-state index in [0.717, 1.165) is 0 Å². The number of thioether (sulfide) groups is 1. The molecule has 0 saturated heterocycles. The standard InChI is InChI=1S/C16H11F4N3OS/c1-25-15-22-13(12-4-2-3-7-23(12)15)14(24)21-11-8-9(16(18,19)20)5-6-10(11)17/h2-8H,1H3,(H,21,24). The van der Waals surface area contributed by atoms with Gasteiger partial charge in [-0.2, -0.15) is 13.2 Å². The molecule has 1 amide bonds. The van der Waals surface area contributed by atoms with Crippen molar-refractivity contribution >= 4 is 28.9 Å². The molecule has 2 aromatic heterocycles. The molecule has 0 spiro atoms. The van der Waals surface area contributed by atoms with Gasteiger partial charge < -0.3 is 5.32 Å². The molecule has 0 unspecified atom stereocenters. The van der Waals surface area contributed by atoms with Crippen molar-refractivity contribution in [2.75, 3.05) is 11.6 Å². The molecule has 0 aliphatic heterocycles. The van der Waals surface area contributed by atoms with Crippen molar-refractivity contribution in [2.24, 2.45) is 0 Å². The van der Waals surface area contributed by atoms with Crippen LogP contribution in [0.5, 0.6) is 0 Å². The molecule has 3 aromatic rings. The Labute approximate surface area is 143 Å². The highest BCUT2D eigenvalue weighted by molar-refractivity contribution is 7.98. The lowest BCUT2D eigenvalue weighted by molar-refractivity contribution is -0.137. The molecule has 0 fully saturated rings. The average Bonchev–Trinajstić information content (AvgIpc) is 2.95. The van der Waals surface area contributed by atoms with E-state index < -0.39 is 29.2 Å². The number of halogens is 4. The number of carbonyl (C=O) groups is 1. The number of carbonyl (C=O) groups excluding carboxylic acids is 1. The van der Waals surface area contributed by atoms with E-state index in [2.05, 4.69) is 10.3 Å². The lowest BCUT2D eigenvalue weighted by Crippen LogP contribution is -2.15. The van der Waals surface area contributed by atoms with Crippen molar-refractivity contribution in [1.29, 1.82) is 0 Å². The zero-order chi connectivity index (χ0) is 18.2. The third-order valence-corrected chi connectivity index (χ3v) is 4.11. The summed E-state index contributed by atoms with van der Waals surface area (Å²) in [5.41, 5.74) is -1.13. The number of nitrogens with zero attached hydrogens (tertiary/aromatic N) is 2. The van der Waals surface area contributed by atoms with Crippen LogP contribution >= 0.6 is 11.8 Å². The maximum atomic E-state index is 13.8. The maximum absolute atomic E-state index is 13.8. The fraction of sp³-hybridized carbons (Fsp3) is 0.125. The summed E-state index contributed by atoms with van der Waals surface area (Å²) in [5.74, 6) is -1.75. The van der Waals surface area contributed by atoms with E-state index in [1.54, 1.807) is 35.1 Å². The van der Waals surface area contributed by atoms with Crippen molar-refractivity contribution in [2.45, 2.75) is 11.3 Å². The predicted octanol–water partition coefficient (Wildman–Crippen LogP) is 4.47. The highest BCUT2D eigenvalue weighted by Gasteiger charge is 2.31. The van der Waals surface area contributed by atoms with Gasteiger partial charge in [0, 0.05) is 6.20 Å². The minimum absolute atomic E-state index is 0.00163. The second kappa shape index (κ2) is 6.40. The number of anilines is 1. The minimum Gasteiger partial charge on any atom is -0.318 e. The Morgan fingerprint density at radius 3 is 2.68 bits per heavy atom. The van der Waals surface area contributed by atoms with E-state index in [-0.39, 0.29) is 5.69 Å². The Bertz CT molecular complexity index is 952. The van der Waals surface area contributed by atoms with E-state index in [1.165, 1.54) is 11.8 Å². The number of imidazole rings is 1. The molecule has 1 N–H and O–H groups in total. The van der Waals surface area contributed by atoms with Crippen molar-refractivity contribution in [3.8, 4) is 0 Å². The number of alkyl halides is 3. The van der Waals surface area contributed by atoms with E-state index >= 15 is 0 Å². The molecule has 3 rings (SSSR count). The molecule has 0 atom stereocenters. The number of pyridine rings is 1. The second-order valence-corrected chi connectivity index (χ2v) is 5.82. The summed E-state index contributed by atoms with van der Waals surface area (Å²) in [6, 6.07) is 6.93. The normalized spacial score (nSPS) is 11.7. The van der Waals surface area contributed by atoms with Gasteiger partial charge in [-0.15, -0.1) is 0 Å². The Kier molecular flexibility index (Phi) is 4.42. The van der Waals surface area contributed by atoms with Gasteiger partial charge in [-0.3, -0.25) is 9.20 Å². The van der Waals surface area contributed by atoms with Gasteiger partial charge in [0.05, 0.1) is 16.8 Å². The van der Waals surface area contributed by atoms with Crippen molar-refractivity contribution in [3.63, 3.8) is 0 Å². The molecular weight excluding hydrogens is 358 g/mol. The zero-order valence-corrected chi connectivity index (χ0v) is 13.6. The van der Waals surface area contributed by atoms with E-state index in [4.69, 9.17) is 0 Å². The summed E-state index contributed by atoms with van der Waals surface area (Å²) >= 11 is 1.30. The van der Waals surface area contributed by atoms with Gasteiger partial charge in [-0.1, -0.05) is 17.8 Å². The van der Waals surface area contributed by atoms with Crippen LogP contribution < -0.4 is 5.32 Å². The molecule has 130 valence electrons. The first-order valence-electron chi connectivity index (χ1n) is 7.00. The van der Waals surface area contributed by atoms with Crippen molar-refractivity contribution in [3.05, 3.63) is 59.7 Å². The van der Waals surface area contributed by atoms with Crippen LogP contribution in [0.25, 0.3) is 5.52 Å². The average molecular weight is 369 g/mol. The first-order valence-corrected chi connectivity index (χ1v) is 8.23. The number of fused-ring (bicyclic) bond motifs is 1. The Morgan fingerprint density at radius 2 is 2.00 bits per heavy atom. The van der Waals surface area contributed by atoms with Crippen LogP contribution in [0.1, 0.15) is 16.1 Å².